The molecule has 2 rings (SSSR count). The number of rotatable bonds is 1. The number of halogens is 1. The largest absolute Gasteiger partial charge is 0.444 e. The van der Waals surface area contributed by atoms with Gasteiger partial charge in [-0.1, -0.05) is 25.6 Å². The van der Waals surface area contributed by atoms with E-state index in [-0.39, 0.29) is 17.2 Å². The van der Waals surface area contributed by atoms with Crippen LogP contribution in [0.25, 0.3) is 0 Å². The zero-order valence-corrected chi connectivity index (χ0v) is 22.2. The van der Waals surface area contributed by atoms with Crippen molar-refractivity contribution in [1.29, 1.82) is 4.78 Å². The number of amidine groups is 1. The van der Waals surface area contributed by atoms with Gasteiger partial charge in [-0.3, -0.25) is 15.1 Å². The minimum atomic E-state index is -3.32. The van der Waals surface area contributed by atoms with E-state index in [0.717, 1.165) is 0 Å². The lowest BCUT2D eigenvalue weighted by molar-refractivity contribution is 0.0560. The zero-order valence-electron chi connectivity index (χ0n) is 20.4. The molecule has 32 heavy (non-hydrogen) atoms. The van der Waals surface area contributed by atoms with Crippen molar-refractivity contribution in [3.63, 3.8) is 0 Å². The molecule has 6 nitrogen and oxygen atoms in total. The normalized spacial score (nSPS) is 25.2. The maximum Gasteiger partial charge on any atom is 0.413 e. The molecule has 1 aromatic rings. The summed E-state index contributed by atoms with van der Waals surface area (Å²) in [5.74, 6) is 2.43. The fraction of sp³-hybridized carbons (Fsp3) is 0.565. The molecule has 0 unspecified atom stereocenters. The van der Waals surface area contributed by atoms with E-state index in [1.165, 1.54) is 6.07 Å². The molecule has 1 amide bonds. The maximum absolute atomic E-state index is 15.0. The van der Waals surface area contributed by atoms with Crippen molar-refractivity contribution < 1.29 is 18.1 Å². The summed E-state index contributed by atoms with van der Waals surface area (Å²) in [5, 5.41) is 2.57. The Hall–Kier alpha value is -2.18. The van der Waals surface area contributed by atoms with E-state index in [1.54, 1.807) is 53.7 Å². The molecule has 0 spiro atoms. The minimum absolute atomic E-state index is 0.0403. The number of hydrogen-bond acceptors (Lipinski definition) is 5. The van der Waals surface area contributed by atoms with Gasteiger partial charge in [0.05, 0.1) is 15.5 Å². The number of hydrogen-bond donors (Lipinski definition) is 2. The van der Waals surface area contributed by atoms with Gasteiger partial charge >= 0.3 is 6.09 Å². The van der Waals surface area contributed by atoms with E-state index in [2.05, 4.69) is 41.4 Å². The Morgan fingerprint density at radius 3 is 2.41 bits per heavy atom. The minimum Gasteiger partial charge on any atom is -0.444 e. The van der Waals surface area contributed by atoms with Crippen LogP contribution in [-0.2, 0) is 20.0 Å². The zero-order chi connectivity index (χ0) is 24.8. The van der Waals surface area contributed by atoms with Crippen molar-refractivity contribution in [3.05, 3.63) is 35.1 Å². The highest BCUT2D eigenvalue weighted by molar-refractivity contribution is 7.94. The second kappa shape index (κ2) is 8.30. The highest BCUT2D eigenvalue weighted by Crippen LogP contribution is 2.39. The first kappa shape index (κ1) is 26.1. The first-order valence-corrected chi connectivity index (χ1v) is 15.7. The van der Waals surface area contributed by atoms with Crippen molar-refractivity contribution in [3.8, 4) is 11.5 Å². The first-order valence-electron chi connectivity index (χ1n) is 10.5. The van der Waals surface area contributed by atoms with Crippen LogP contribution in [0.5, 0.6) is 0 Å². The van der Waals surface area contributed by atoms with Gasteiger partial charge < -0.3 is 4.74 Å². The van der Waals surface area contributed by atoms with Crippen molar-refractivity contribution in [1.82, 2.24) is 5.32 Å². The molecule has 0 aromatic heterocycles. The Kier molecular flexibility index (Phi) is 6.77. The molecule has 1 aliphatic heterocycles. The summed E-state index contributed by atoms with van der Waals surface area (Å²) in [7, 11) is -4.96. The van der Waals surface area contributed by atoms with E-state index in [9.17, 15) is 13.4 Å². The molecule has 9 heteroatoms. The van der Waals surface area contributed by atoms with Crippen LogP contribution in [0.4, 0.5) is 9.18 Å². The number of nitrogens with zero attached hydrogens (tertiary/aromatic N) is 1. The van der Waals surface area contributed by atoms with E-state index in [4.69, 9.17) is 9.52 Å². The fourth-order valence-corrected chi connectivity index (χ4v) is 5.44. The topological polar surface area (TPSA) is 91.6 Å². The lowest BCUT2D eigenvalue weighted by Gasteiger charge is -2.41. The van der Waals surface area contributed by atoms with Crippen LogP contribution in [0.1, 0.15) is 52.7 Å². The van der Waals surface area contributed by atoms with Crippen LogP contribution in [-0.4, -0.2) is 40.3 Å². The van der Waals surface area contributed by atoms with Crippen LogP contribution in [0.3, 0.4) is 0 Å². The number of amides is 1. The molecule has 1 heterocycles. The van der Waals surface area contributed by atoms with Gasteiger partial charge in [-0.25, -0.2) is 13.4 Å². The van der Waals surface area contributed by atoms with E-state index in [1.807, 2.05) is 0 Å². The summed E-state index contributed by atoms with van der Waals surface area (Å²) in [6, 6.07) is 4.52. The third-order valence-corrected chi connectivity index (χ3v) is 8.67. The van der Waals surface area contributed by atoms with Crippen LogP contribution in [0.15, 0.2) is 23.2 Å². The van der Waals surface area contributed by atoms with Gasteiger partial charge in [0.25, 0.3) is 0 Å². The summed E-state index contributed by atoms with van der Waals surface area (Å²) in [5.41, 5.74) is 2.01. The van der Waals surface area contributed by atoms with Gasteiger partial charge in [-0.15, -0.1) is 5.54 Å². The number of aliphatic imine (C=N–C) groups is 1. The first-order chi connectivity index (χ1) is 14.3. The molecule has 2 N–H and O–H groups in total. The molecular weight excluding hydrogens is 445 g/mol. The van der Waals surface area contributed by atoms with Gasteiger partial charge in [0.1, 0.15) is 35.6 Å². The van der Waals surface area contributed by atoms with Crippen LogP contribution in [0, 0.1) is 22.1 Å². The second-order valence-electron chi connectivity index (χ2n) is 10.9. The van der Waals surface area contributed by atoms with Crippen molar-refractivity contribution in [2.45, 2.75) is 77.1 Å². The monoisotopic (exact) mass is 479 g/mol. The van der Waals surface area contributed by atoms with E-state index >= 15 is 0 Å². The Morgan fingerprint density at radius 1 is 1.28 bits per heavy atom. The predicted octanol–water partition coefficient (Wildman–Crippen LogP) is 5.03. The molecule has 0 aliphatic carbocycles. The van der Waals surface area contributed by atoms with Crippen molar-refractivity contribution in [2.75, 3.05) is 5.75 Å². The number of benzene rings is 1. The summed E-state index contributed by atoms with van der Waals surface area (Å²) in [4.78, 5) is 17.1. The molecule has 176 valence electrons. The molecule has 0 saturated heterocycles. The lowest BCUT2D eigenvalue weighted by Crippen LogP contribution is -2.57. The second-order valence-corrected chi connectivity index (χ2v) is 18.3. The molecule has 2 atom stereocenters. The van der Waals surface area contributed by atoms with Gasteiger partial charge in [0.15, 0.2) is 0 Å². The Morgan fingerprint density at radius 2 is 1.88 bits per heavy atom. The average molecular weight is 480 g/mol. The predicted molar refractivity (Wildman–Crippen MR) is 131 cm³/mol. The van der Waals surface area contributed by atoms with Gasteiger partial charge in [-0.2, -0.15) is 0 Å². The quantitative estimate of drug-likeness (QED) is 0.437. The van der Waals surface area contributed by atoms with E-state index < -0.39 is 45.6 Å². The standard InChI is InChI=1S/C23H34FN3O3SSi/c1-21(2,3)30-20(28)26-19-22(4,5)31(25,29)15-23(6,27-19)17-14-16(10-11-18(17)24)12-13-32(7,8)9/h10-11,14,25H,15H2,1-9H3,(H,26,27,28)/t23-,31+/m0/s1. The summed E-state index contributed by atoms with van der Waals surface area (Å²) in [6.07, 6.45) is -0.765. The Labute approximate surface area is 192 Å². The molecule has 0 saturated carbocycles. The molecule has 1 aliphatic rings. The number of alkyl carbamates (subject to hydrolysis) is 1. The van der Waals surface area contributed by atoms with E-state index in [0.29, 0.717) is 5.56 Å². The highest BCUT2D eigenvalue weighted by Gasteiger charge is 2.48. The Bertz CT molecular complexity index is 1120. The summed E-state index contributed by atoms with van der Waals surface area (Å²) < 4.78 is 41.0. The molecule has 0 bridgehead atoms. The molecular formula is C23H34FN3O3SSi. The van der Waals surface area contributed by atoms with Gasteiger partial charge in [0, 0.05) is 11.1 Å². The summed E-state index contributed by atoms with van der Waals surface area (Å²) in [6.45, 7) is 16.3. The number of nitrogens with one attached hydrogen (secondary N) is 2. The maximum atomic E-state index is 15.0. The fourth-order valence-electron chi connectivity index (χ4n) is 3.14. The average Bonchev–Trinajstić information content (AvgIpc) is 2.56. The van der Waals surface area contributed by atoms with Crippen LogP contribution < -0.4 is 5.32 Å². The number of ether oxygens (including phenoxy) is 1. The number of carbonyl (C=O) groups is 1. The molecule has 0 radical (unpaired) electrons. The lowest BCUT2D eigenvalue weighted by atomic mass is 9.92. The Balaban J connectivity index is 2.61. The number of carbonyl (C=O) groups excluding carboxylic acids is 1. The van der Waals surface area contributed by atoms with Gasteiger partial charge in [-0.05, 0) is 59.7 Å². The third kappa shape index (κ3) is 5.98. The summed E-state index contributed by atoms with van der Waals surface area (Å²) >= 11 is 0. The smallest absolute Gasteiger partial charge is 0.413 e. The molecule has 0 fully saturated rings. The van der Waals surface area contributed by atoms with Crippen molar-refractivity contribution >= 4 is 29.7 Å². The van der Waals surface area contributed by atoms with Crippen LogP contribution >= 0.6 is 0 Å². The third-order valence-electron chi connectivity index (χ3n) is 4.99. The SMILES string of the molecule is CC(C)(C)OC(=O)NC1=N[C@](C)(c2cc(C#C[Si](C)(C)C)ccc2F)C[S@@](=N)(=O)C1(C)C. The van der Waals surface area contributed by atoms with Gasteiger partial charge in [0.2, 0.25) is 0 Å². The van der Waals surface area contributed by atoms with Crippen molar-refractivity contribution in [2.24, 2.45) is 4.99 Å². The highest BCUT2D eigenvalue weighted by atomic mass is 32.2. The van der Waals surface area contributed by atoms with Crippen LogP contribution in [0.2, 0.25) is 19.6 Å². The molecule has 1 aromatic carbocycles.